The van der Waals surface area contributed by atoms with Crippen molar-refractivity contribution in [1.82, 2.24) is 18.7 Å². The molecule has 9 nitrogen and oxygen atoms in total. The van der Waals surface area contributed by atoms with Crippen LogP contribution in [0.25, 0.3) is 11.2 Å². The Balaban J connectivity index is 2.08. The van der Waals surface area contributed by atoms with E-state index in [9.17, 15) is 14.7 Å². The lowest BCUT2D eigenvalue weighted by molar-refractivity contribution is 0.105. The molecule has 0 bridgehead atoms. The number of benzene rings is 1. The molecule has 2 aromatic heterocycles. The van der Waals surface area contributed by atoms with Gasteiger partial charge in [-0.25, -0.2) is 4.79 Å². The second-order valence-electron chi connectivity index (χ2n) is 6.42. The summed E-state index contributed by atoms with van der Waals surface area (Å²) in [5.41, 5.74) is 0.808. The van der Waals surface area contributed by atoms with Gasteiger partial charge in [-0.3, -0.25) is 13.9 Å². The minimum Gasteiger partial charge on any atom is -0.394 e. The first kappa shape index (κ1) is 18.9. The largest absolute Gasteiger partial charge is 0.394 e. The number of imidazole rings is 1. The summed E-state index contributed by atoms with van der Waals surface area (Å²) in [5.74, 6) is 0.367. The molecule has 0 saturated heterocycles. The smallest absolute Gasteiger partial charge is 0.332 e. The zero-order valence-electron chi connectivity index (χ0n) is 15.3. The van der Waals surface area contributed by atoms with E-state index < -0.39 is 24.0 Å². The molecular weight excluding hydrogens is 350 g/mol. The Hall–Kier alpha value is -2.91. The lowest BCUT2D eigenvalue weighted by Gasteiger charge is -2.12. The minimum atomic E-state index is -0.959. The predicted molar refractivity (Wildman–Crippen MR) is 102 cm³/mol. The first-order chi connectivity index (χ1) is 12.9. The topological polar surface area (TPSA) is 114 Å². The van der Waals surface area contributed by atoms with E-state index in [0.29, 0.717) is 24.4 Å². The van der Waals surface area contributed by atoms with E-state index in [0.717, 1.165) is 10.1 Å². The Morgan fingerprint density at radius 2 is 1.85 bits per heavy atom. The normalized spacial score (nSPS) is 12.4. The number of fused-ring (bicyclic) bond motifs is 1. The van der Waals surface area contributed by atoms with E-state index in [2.05, 4.69) is 10.3 Å². The van der Waals surface area contributed by atoms with E-state index in [1.807, 2.05) is 30.3 Å². The van der Waals surface area contributed by atoms with Gasteiger partial charge in [0.05, 0.1) is 12.7 Å². The van der Waals surface area contributed by atoms with Crippen LogP contribution >= 0.6 is 0 Å². The Bertz CT molecular complexity index is 1050. The van der Waals surface area contributed by atoms with E-state index in [1.54, 1.807) is 11.6 Å². The highest BCUT2D eigenvalue weighted by Crippen LogP contribution is 2.17. The van der Waals surface area contributed by atoms with Crippen molar-refractivity contribution in [2.45, 2.75) is 19.1 Å². The van der Waals surface area contributed by atoms with E-state index in [4.69, 9.17) is 5.11 Å². The van der Waals surface area contributed by atoms with E-state index in [-0.39, 0.29) is 12.2 Å². The Morgan fingerprint density at radius 3 is 2.52 bits per heavy atom. The monoisotopic (exact) mass is 373 g/mol. The second-order valence-corrected chi connectivity index (χ2v) is 6.42. The molecule has 0 aliphatic heterocycles. The molecule has 2 heterocycles. The molecule has 1 aromatic carbocycles. The van der Waals surface area contributed by atoms with Crippen LogP contribution in [-0.4, -0.2) is 48.2 Å². The predicted octanol–water partition coefficient (Wildman–Crippen LogP) is -0.558. The molecule has 0 fully saturated rings. The molecule has 1 atom stereocenters. The third-order valence-corrected chi connectivity index (χ3v) is 4.52. The van der Waals surface area contributed by atoms with E-state index in [1.165, 1.54) is 11.6 Å². The number of rotatable bonds is 7. The van der Waals surface area contributed by atoms with Crippen LogP contribution in [-0.2, 0) is 27.1 Å². The molecule has 0 unspecified atom stereocenters. The molecule has 27 heavy (non-hydrogen) atoms. The molecule has 0 amide bonds. The van der Waals surface area contributed by atoms with Gasteiger partial charge in [-0.15, -0.1) is 0 Å². The van der Waals surface area contributed by atoms with Gasteiger partial charge in [0.25, 0.3) is 5.56 Å². The van der Waals surface area contributed by atoms with Crippen molar-refractivity contribution in [3.63, 3.8) is 0 Å². The van der Waals surface area contributed by atoms with Crippen molar-refractivity contribution in [2.24, 2.45) is 14.1 Å². The van der Waals surface area contributed by atoms with Gasteiger partial charge in [0, 0.05) is 27.2 Å². The Morgan fingerprint density at radius 1 is 1.15 bits per heavy atom. The average Bonchev–Trinajstić information content (AvgIpc) is 3.06. The Kier molecular flexibility index (Phi) is 5.43. The summed E-state index contributed by atoms with van der Waals surface area (Å²) >= 11 is 0. The van der Waals surface area contributed by atoms with E-state index >= 15 is 0 Å². The van der Waals surface area contributed by atoms with Crippen LogP contribution < -0.4 is 16.6 Å². The van der Waals surface area contributed by atoms with Gasteiger partial charge in [-0.1, -0.05) is 30.3 Å². The fourth-order valence-electron chi connectivity index (χ4n) is 2.96. The maximum atomic E-state index is 12.7. The molecule has 9 heteroatoms. The van der Waals surface area contributed by atoms with Crippen LogP contribution in [0.3, 0.4) is 0 Å². The van der Waals surface area contributed by atoms with Crippen molar-refractivity contribution in [3.8, 4) is 0 Å². The second kappa shape index (κ2) is 7.77. The van der Waals surface area contributed by atoms with Crippen molar-refractivity contribution < 1.29 is 10.2 Å². The van der Waals surface area contributed by atoms with Crippen LogP contribution in [0, 0.1) is 0 Å². The van der Waals surface area contributed by atoms with Crippen molar-refractivity contribution in [3.05, 3.63) is 56.7 Å². The molecule has 0 saturated carbocycles. The molecule has 3 N–H and O–H groups in total. The fraction of sp³-hybridized carbons (Fsp3) is 0.389. The van der Waals surface area contributed by atoms with Gasteiger partial charge in [0.2, 0.25) is 5.95 Å². The van der Waals surface area contributed by atoms with Crippen molar-refractivity contribution in [1.29, 1.82) is 0 Å². The zero-order valence-corrected chi connectivity index (χ0v) is 15.3. The van der Waals surface area contributed by atoms with Crippen LogP contribution in [0.15, 0.2) is 39.9 Å². The number of hydrogen-bond donors (Lipinski definition) is 3. The SMILES string of the molecule is Cn1c(=O)c2c(nc(NC[C@@H](O)CO)n2CCc2ccccc2)n(C)c1=O. The van der Waals surface area contributed by atoms with Gasteiger partial charge < -0.3 is 20.1 Å². The number of aliphatic hydroxyl groups excluding tert-OH is 2. The number of aromatic nitrogens is 4. The molecular formula is C18H23N5O4. The summed E-state index contributed by atoms with van der Waals surface area (Å²) in [4.78, 5) is 29.3. The zero-order chi connectivity index (χ0) is 19.6. The molecule has 0 spiro atoms. The summed E-state index contributed by atoms with van der Waals surface area (Å²) in [7, 11) is 2.99. The fourth-order valence-corrected chi connectivity index (χ4v) is 2.96. The summed E-state index contributed by atoms with van der Waals surface area (Å²) in [6.45, 7) is 0.141. The maximum Gasteiger partial charge on any atom is 0.332 e. The molecule has 144 valence electrons. The summed E-state index contributed by atoms with van der Waals surface area (Å²) < 4.78 is 4.09. The third-order valence-electron chi connectivity index (χ3n) is 4.52. The first-order valence-electron chi connectivity index (χ1n) is 8.67. The minimum absolute atomic E-state index is 0.0689. The lowest BCUT2D eigenvalue weighted by atomic mass is 10.1. The van der Waals surface area contributed by atoms with Crippen LogP contribution in [0.1, 0.15) is 5.56 Å². The van der Waals surface area contributed by atoms with Crippen molar-refractivity contribution >= 4 is 17.1 Å². The standard InChI is InChI=1S/C18H23N5O4/c1-21-15-14(16(26)22(2)18(21)27)23(9-8-12-6-4-3-5-7-12)17(20-15)19-10-13(25)11-24/h3-7,13,24-25H,8-11H2,1-2H3,(H,19,20)/t13-/m1/s1. The molecule has 0 aliphatic rings. The van der Waals surface area contributed by atoms with Crippen LogP contribution in [0.2, 0.25) is 0 Å². The molecule has 3 rings (SSSR count). The first-order valence-corrected chi connectivity index (χ1v) is 8.67. The molecule has 3 aromatic rings. The quantitative estimate of drug-likeness (QED) is 0.512. The van der Waals surface area contributed by atoms with Crippen LogP contribution in [0.4, 0.5) is 5.95 Å². The molecule has 0 aliphatic carbocycles. The number of anilines is 1. The van der Waals surface area contributed by atoms with Gasteiger partial charge >= 0.3 is 5.69 Å². The van der Waals surface area contributed by atoms with Gasteiger partial charge in [-0.2, -0.15) is 4.98 Å². The third kappa shape index (κ3) is 3.64. The average molecular weight is 373 g/mol. The number of nitrogens with one attached hydrogen (secondary N) is 1. The van der Waals surface area contributed by atoms with Crippen molar-refractivity contribution in [2.75, 3.05) is 18.5 Å². The van der Waals surface area contributed by atoms with Gasteiger partial charge in [0.15, 0.2) is 11.2 Å². The summed E-state index contributed by atoms with van der Waals surface area (Å²) in [6.07, 6.45) is -0.297. The number of hydrogen-bond acceptors (Lipinski definition) is 6. The highest BCUT2D eigenvalue weighted by Gasteiger charge is 2.19. The number of aliphatic hydroxyl groups is 2. The van der Waals surface area contributed by atoms with Crippen LogP contribution in [0.5, 0.6) is 0 Å². The maximum absolute atomic E-state index is 12.7. The highest BCUT2D eigenvalue weighted by atomic mass is 16.3. The van der Waals surface area contributed by atoms with Gasteiger partial charge in [0.1, 0.15) is 0 Å². The molecule has 0 radical (unpaired) electrons. The number of nitrogens with zero attached hydrogens (tertiary/aromatic N) is 4. The summed E-state index contributed by atoms with van der Waals surface area (Å²) in [5, 5.41) is 21.6. The Labute approximate surface area is 155 Å². The number of aryl methyl sites for hydroxylation is 3. The van der Waals surface area contributed by atoms with Gasteiger partial charge in [-0.05, 0) is 12.0 Å². The summed E-state index contributed by atoms with van der Waals surface area (Å²) in [6, 6.07) is 9.82. The highest BCUT2D eigenvalue weighted by molar-refractivity contribution is 5.74. The lowest BCUT2D eigenvalue weighted by Crippen LogP contribution is -2.37.